The van der Waals surface area contributed by atoms with Crippen LogP contribution in [0.4, 0.5) is 4.79 Å². The average molecular weight is 416 g/mol. The summed E-state index contributed by atoms with van der Waals surface area (Å²) in [6, 6.07) is 8.33. The van der Waals surface area contributed by atoms with Crippen molar-refractivity contribution in [1.29, 1.82) is 0 Å². The summed E-state index contributed by atoms with van der Waals surface area (Å²) in [6.07, 6.45) is -1.59. The van der Waals surface area contributed by atoms with E-state index >= 15 is 0 Å². The van der Waals surface area contributed by atoms with Crippen LogP contribution in [0, 0.1) is 0 Å². The minimum atomic E-state index is -0.854. The van der Waals surface area contributed by atoms with Crippen LogP contribution in [-0.2, 0) is 9.53 Å². The largest absolute Gasteiger partial charge is 0.389 e. The molecule has 1 aromatic carbocycles. The minimum Gasteiger partial charge on any atom is -0.389 e. The summed E-state index contributed by atoms with van der Waals surface area (Å²) >= 11 is 0. The van der Waals surface area contributed by atoms with Gasteiger partial charge in [0.1, 0.15) is 0 Å². The number of imide groups is 1. The van der Waals surface area contributed by atoms with Crippen molar-refractivity contribution in [3.8, 4) is 0 Å². The quantitative estimate of drug-likeness (QED) is 0.436. The van der Waals surface area contributed by atoms with Gasteiger partial charge in [-0.3, -0.25) is 10.1 Å². The predicted molar refractivity (Wildman–Crippen MR) is 112 cm³/mol. The summed E-state index contributed by atoms with van der Waals surface area (Å²) in [5.41, 5.74) is 4.57. The second kappa shape index (κ2) is 9.23. The van der Waals surface area contributed by atoms with Gasteiger partial charge in [0, 0.05) is 7.05 Å². The van der Waals surface area contributed by atoms with Gasteiger partial charge in [0.15, 0.2) is 12.2 Å². The monoisotopic (exact) mass is 416 g/mol. The molecule has 3 N–H and O–H groups in total. The van der Waals surface area contributed by atoms with Crippen LogP contribution in [0.25, 0.3) is 0 Å². The molecule has 2 aliphatic heterocycles. The lowest BCUT2D eigenvalue weighted by Crippen LogP contribution is -2.64. The Morgan fingerprint density at radius 1 is 1.33 bits per heavy atom. The highest BCUT2D eigenvalue weighted by Crippen LogP contribution is 2.23. The molecule has 0 saturated carbocycles. The zero-order valence-corrected chi connectivity index (χ0v) is 17.6. The molecule has 1 saturated heterocycles. The normalized spacial score (nSPS) is 22.7. The second-order valence-electron chi connectivity index (χ2n) is 7.58. The Balaban J connectivity index is 1.81. The van der Waals surface area contributed by atoms with Crippen LogP contribution in [-0.4, -0.2) is 83.1 Å². The van der Waals surface area contributed by atoms with Gasteiger partial charge in [-0.15, -0.1) is 0 Å². The van der Waals surface area contributed by atoms with Gasteiger partial charge < -0.3 is 19.6 Å². The zero-order chi connectivity index (χ0) is 21.8. The number of nitrogens with one attached hydrogen (secondary N) is 2. The molecular weight excluding hydrogens is 388 g/mol. The number of guanidine groups is 1. The molecule has 1 aromatic rings. The predicted octanol–water partition coefficient (Wildman–Crippen LogP) is 0.334. The fraction of sp³-hybridized carbons (Fsp3) is 0.500. The number of aliphatic hydroxyl groups is 1. The van der Waals surface area contributed by atoms with Gasteiger partial charge in [-0.05, 0) is 26.3 Å². The van der Waals surface area contributed by atoms with Crippen LogP contribution in [0.3, 0.4) is 0 Å². The van der Waals surface area contributed by atoms with Gasteiger partial charge in [-0.25, -0.2) is 15.2 Å². The number of nitrogens with zero attached hydrogens (tertiary/aromatic N) is 4. The highest BCUT2D eigenvalue weighted by atomic mass is 16.5. The average Bonchev–Trinajstić information content (AvgIpc) is 3.08. The third kappa shape index (κ3) is 4.77. The third-order valence-electron chi connectivity index (χ3n) is 4.91. The van der Waals surface area contributed by atoms with Gasteiger partial charge in [0.25, 0.3) is 5.91 Å². The Morgan fingerprint density at radius 2 is 2.03 bits per heavy atom. The first-order chi connectivity index (χ1) is 14.3. The number of aliphatic imine (C=N–C) groups is 1. The number of carbonyl (C=O) groups excluding carboxylic acids is 2. The van der Waals surface area contributed by atoms with Crippen molar-refractivity contribution < 1.29 is 19.4 Å². The summed E-state index contributed by atoms with van der Waals surface area (Å²) in [4.78, 5) is 32.0. The van der Waals surface area contributed by atoms with E-state index in [0.717, 1.165) is 11.3 Å². The maximum atomic E-state index is 12.5. The number of fused-ring (bicyclic) bond motifs is 1. The lowest BCUT2D eigenvalue weighted by Gasteiger charge is -2.36. The van der Waals surface area contributed by atoms with Crippen LogP contribution in [0.5, 0.6) is 0 Å². The van der Waals surface area contributed by atoms with Crippen LogP contribution in [0.2, 0.25) is 0 Å². The van der Waals surface area contributed by atoms with E-state index in [4.69, 9.17) is 4.74 Å². The van der Waals surface area contributed by atoms with Crippen LogP contribution < -0.4 is 10.7 Å². The Morgan fingerprint density at radius 3 is 2.70 bits per heavy atom. The lowest BCUT2D eigenvalue weighted by molar-refractivity contribution is -0.127. The molecule has 2 heterocycles. The van der Waals surface area contributed by atoms with Crippen LogP contribution in [0.15, 0.2) is 40.4 Å². The van der Waals surface area contributed by atoms with Crippen molar-refractivity contribution in [3.05, 3.63) is 35.9 Å². The number of hydrazone groups is 1. The maximum Gasteiger partial charge on any atom is 0.325 e. The first kappa shape index (κ1) is 21.7. The fourth-order valence-electron chi connectivity index (χ4n) is 3.28. The molecule has 0 spiro atoms. The lowest BCUT2D eigenvalue weighted by atomic mass is 10.1. The molecule has 1 fully saturated rings. The summed E-state index contributed by atoms with van der Waals surface area (Å²) < 4.78 is 5.48. The third-order valence-corrected chi connectivity index (χ3v) is 4.91. The molecule has 3 unspecified atom stereocenters. The molecule has 0 aliphatic carbocycles. The van der Waals surface area contributed by atoms with E-state index in [2.05, 4.69) is 20.8 Å². The van der Waals surface area contributed by atoms with Gasteiger partial charge in [-0.1, -0.05) is 30.3 Å². The van der Waals surface area contributed by atoms with Crippen LogP contribution in [0.1, 0.15) is 26.3 Å². The van der Waals surface area contributed by atoms with Crippen LogP contribution >= 0.6 is 0 Å². The first-order valence-corrected chi connectivity index (χ1v) is 9.85. The SMILES string of the molecule is C/C(=N\NC1=NC2C(C(=O)NC(=O)N2C)N1CC(O)COC(C)C)c1ccccc1. The number of hydrogen-bond donors (Lipinski definition) is 3. The molecule has 3 rings (SSSR count). The smallest absolute Gasteiger partial charge is 0.325 e. The molecule has 3 amide bonds. The molecule has 162 valence electrons. The Kier molecular flexibility index (Phi) is 6.68. The highest BCUT2D eigenvalue weighted by Gasteiger charge is 2.49. The summed E-state index contributed by atoms with van der Waals surface area (Å²) in [7, 11) is 1.57. The van der Waals surface area contributed by atoms with E-state index in [1.807, 2.05) is 51.1 Å². The number of carbonyl (C=O) groups is 2. The molecule has 2 aliphatic rings. The van der Waals surface area contributed by atoms with E-state index in [1.165, 1.54) is 4.90 Å². The summed E-state index contributed by atoms with van der Waals surface area (Å²) in [6.45, 7) is 5.81. The summed E-state index contributed by atoms with van der Waals surface area (Å²) in [5, 5.41) is 17.1. The van der Waals surface area contributed by atoms with Crippen molar-refractivity contribution in [2.24, 2.45) is 10.1 Å². The number of amides is 3. The first-order valence-electron chi connectivity index (χ1n) is 9.85. The topological polar surface area (TPSA) is 119 Å². The number of hydrogen-bond acceptors (Lipinski definition) is 8. The number of ether oxygens (including phenoxy) is 1. The van der Waals surface area contributed by atoms with Gasteiger partial charge in [-0.2, -0.15) is 5.10 Å². The molecule has 10 nitrogen and oxygen atoms in total. The molecule has 0 radical (unpaired) electrons. The number of rotatable bonds is 7. The van der Waals surface area contributed by atoms with Gasteiger partial charge in [0.2, 0.25) is 5.96 Å². The number of β-amino-alcohol motifs (C(OH)–C–C–N with tert-alkyl or cyclic N) is 1. The van der Waals surface area contributed by atoms with Crippen molar-refractivity contribution in [3.63, 3.8) is 0 Å². The number of urea groups is 1. The van der Waals surface area contributed by atoms with Gasteiger partial charge >= 0.3 is 6.03 Å². The van der Waals surface area contributed by atoms with E-state index in [9.17, 15) is 14.7 Å². The molecule has 30 heavy (non-hydrogen) atoms. The summed E-state index contributed by atoms with van der Waals surface area (Å²) in [5.74, 6) is -0.162. The molecule has 0 bridgehead atoms. The number of likely N-dealkylation sites (N-methyl/N-ethyl adjacent to an activating group) is 1. The van der Waals surface area contributed by atoms with E-state index in [1.54, 1.807) is 11.9 Å². The second-order valence-corrected chi connectivity index (χ2v) is 7.58. The number of benzene rings is 1. The van der Waals surface area contributed by atoms with Crippen molar-refractivity contribution in [2.75, 3.05) is 20.2 Å². The molecule has 0 aromatic heterocycles. The van der Waals surface area contributed by atoms with E-state index in [0.29, 0.717) is 5.96 Å². The molecule has 3 atom stereocenters. The van der Waals surface area contributed by atoms with E-state index in [-0.39, 0.29) is 19.3 Å². The highest BCUT2D eigenvalue weighted by molar-refractivity contribution is 6.04. The zero-order valence-electron chi connectivity index (χ0n) is 17.6. The minimum absolute atomic E-state index is 0.0305. The molecular formula is C20H28N6O4. The maximum absolute atomic E-state index is 12.5. The van der Waals surface area contributed by atoms with Gasteiger partial charge in [0.05, 0.1) is 31.1 Å². The fourth-order valence-corrected chi connectivity index (χ4v) is 3.28. The number of aliphatic hydroxyl groups excluding tert-OH is 1. The Hall–Kier alpha value is -2.98. The Bertz CT molecular complexity index is 841. The standard InChI is InChI=1S/C20H28N6O4/c1-12(2)30-11-15(27)10-26-16-17(25(4)20(29)22-18(16)28)21-19(26)24-23-13(3)14-8-6-5-7-9-14/h5-9,12,15-17,27H,10-11H2,1-4H3,(H,21,24)(H,22,28,29)/b23-13+. The van der Waals surface area contributed by atoms with Crippen molar-refractivity contribution >= 4 is 23.6 Å². The molecule has 10 heteroatoms. The Labute approximate surface area is 175 Å². The van der Waals surface area contributed by atoms with Crippen molar-refractivity contribution in [1.82, 2.24) is 20.5 Å². The van der Waals surface area contributed by atoms with E-state index < -0.39 is 30.2 Å². The van der Waals surface area contributed by atoms with Crippen molar-refractivity contribution in [2.45, 2.75) is 45.2 Å².